The lowest BCUT2D eigenvalue weighted by Crippen LogP contribution is -2.46. The summed E-state index contributed by atoms with van der Waals surface area (Å²) in [7, 11) is 0. The van der Waals surface area contributed by atoms with E-state index in [0.29, 0.717) is 10.8 Å². The third-order valence-corrected chi connectivity index (χ3v) is 5.71. The predicted octanol–water partition coefficient (Wildman–Crippen LogP) is 3.95. The molecule has 0 atom stereocenters. The fraction of sp³-hybridized carbons (Fsp3) is 0.167. The SMILES string of the molecule is Cc1ccc(-n2nc(C(=O)NCc3ccco3)c(=O)n(Cc3ccc(C(F)(F)F)cc3)c2=O)cc1Cl. The van der Waals surface area contributed by atoms with Gasteiger partial charge in [0, 0.05) is 5.02 Å². The molecular formula is C24H18ClF3N4O4. The van der Waals surface area contributed by atoms with Crippen LogP contribution in [0.4, 0.5) is 13.2 Å². The Morgan fingerprint density at radius 2 is 1.83 bits per heavy atom. The standard InChI is InChI=1S/C24H18ClF3N4O4/c1-14-4-9-17(11-19(14)25)32-23(35)31(13-15-5-7-16(8-6-15)24(26,27)28)22(34)20(30-32)21(33)29-12-18-3-2-10-36-18/h2-11H,12-13H2,1H3,(H,29,33). The number of aryl methyl sites for hydroxylation is 1. The molecule has 0 radical (unpaired) electrons. The van der Waals surface area contributed by atoms with E-state index in [1.54, 1.807) is 25.1 Å². The van der Waals surface area contributed by atoms with Crippen molar-refractivity contribution in [3.8, 4) is 5.69 Å². The summed E-state index contributed by atoms with van der Waals surface area (Å²) in [5.74, 6) is -0.448. The highest BCUT2D eigenvalue weighted by molar-refractivity contribution is 6.31. The molecule has 0 aliphatic heterocycles. The van der Waals surface area contributed by atoms with Gasteiger partial charge >= 0.3 is 11.9 Å². The van der Waals surface area contributed by atoms with Crippen LogP contribution in [0, 0.1) is 6.92 Å². The molecule has 1 N–H and O–H groups in total. The highest BCUT2D eigenvalue weighted by Gasteiger charge is 2.30. The summed E-state index contributed by atoms with van der Waals surface area (Å²) in [5, 5.41) is 6.81. The molecule has 0 saturated carbocycles. The maximum Gasteiger partial charge on any atom is 0.416 e. The van der Waals surface area contributed by atoms with Crippen molar-refractivity contribution in [2.45, 2.75) is 26.2 Å². The lowest BCUT2D eigenvalue weighted by atomic mass is 10.1. The Balaban J connectivity index is 1.79. The zero-order valence-corrected chi connectivity index (χ0v) is 19.4. The van der Waals surface area contributed by atoms with Crippen molar-refractivity contribution in [2.24, 2.45) is 0 Å². The third kappa shape index (κ3) is 5.25. The topological polar surface area (TPSA) is 99.1 Å². The number of alkyl halides is 3. The summed E-state index contributed by atoms with van der Waals surface area (Å²) in [6, 6.07) is 11.8. The molecule has 186 valence electrons. The Morgan fingerprint density at radius 3 is 2.44 bits per heavy atom. The molecule has 0 fully saturated rings. The molecule has 0 saturated heterocycles. The van der Waals surface area contributed by atoms with E-state index in [2.05, 4.69) is 10.4 Å². The van der Waals surface area contributed by atoms with Crippen LogP contribution in [0.15, 0.2) is 74.9 Å². The summed E-state index contributed by atoms with van der Waals surface area (Å²) >= 11 is 6.18. The molecular weight excluding hydrogens is 501 g/mol. The lowest BCUT2D eigenvalue weighted by molar-refractivity contribution is -0.137. The third-order valence-electron chi connectivity index (χ3n) is 5.30. The van der Waals surface area contributed by atoms with Gasteiger partial charge < -0.3 is 9.73 Å². The van der Waals surface area contributed by atoms with E-state index >= 15 is 0 Å². The number of nitrogens with zero attached hydrogens (tertiary/aromatic N) is 3. The first-order valence-electron chi connectivity index (χ1n) is 10.5. The molecule has 0 unspecified atom stereocenters. The smallest absolute Gasteiger partial charge is 0.416 e. The van der Waals surface area contributed by atoms with Crippen molar-refractivity contribution in [1.29, 1.82) is 0 Å². The van der Waals surface area contributed by atoms with Crippen LogP contribution in [-0.2, 0) is 19.3 Å². The minimum atomic E-state index is -4.54. The van der Waals surface area contributed by atoms with Gasteiger partial charge in [-0.1, -0.05) is 29.8 Å². The van der Waals surface area contributed by atoms with E-state index in [9.17, 15) is 27.6 Å². The van der Waals surface area contributed by atoms with Crippen molar-refractivity contribution in [2.75, 3.05) is 0 Å². The second-order valence-corrected chi connectivity index (χ2v) is 8.23. The average Bonchev–Trinajstić information content (AvgIpc) is 3.36. The zero-order chi connectivity index (χ0) is 26.0. The molecule has 2 aromatic heterocycles. The van der Waals surface area contributed by atoms with Crippen LogP contribution in [0.1, 0.15) is 32.9 Å². The summed E-state index contributed by atoms with van der Waals surface area (Å²) in [6.07, 6.45) is -3.12. The number of benzene rings is 2. The van der Waals surface area contributed by atoms with Gasteiger partial charge in [0.2, 0.25) is 5.69 Å². The first-order valence-corrected chi connectivity index (χ1v) is 10.9. The summed E-state index contributed by atoms with van der Waals surface area (Å²) in [4.78, 5) is 39.2. The molecule has 8 nitrogen and oxygen atoms in total. The van der Waals surface area contributed by atoms with E-state index in [1.807, 2.05) is 0 Å². The highest BCUT2D eigenvalue weighted by Crippen LogP contribution is 2.29. The van der Waals surface area contributed by atoms with Crippen LogP contribution >= 0.6 is 11.6 Å². The number of halogens is 4. The van der Waals surface area contributed by atoms with Gasteiger partial charge in [0.1, 0.15) is 5.76 Å². The van der Waals surface area contributed by atoms with E-state index < -0.39 is 41.1 Å². The van der Waals surface area contributed by atoms with Crippen LogP contribution in [0.25, 0.3) is 5.69 Å². The lowest BCUT2D eigenvalue weighted by Gasteiger charge is -2.13. The number of carbonyl (C=O) groups excluding carboxylic acids is 1. The van der Waals surface area contributed by atoms with Crippen LogP contribution in [0.5, 0.6) is 0 Å². The Labute approximate surface area is 206 Å². The van der Waals surface area contributed by atoms with Gasteiger partial charge in [0.25, 0.3) is 11.5 Å². The van der Waals surface area contributed by atoms with Crippen LogP contribution in [0.3, 0.4) is 0 Å². The Morgan fingerprint density at radius 1 is 1.11 bits per heavy atom. The van der Waals surface area contributed by atoms with E-state index in [0.717, 1.165) is 39.1 Å². The number of rotatable bonds is 6. The van der Waals surface area contributed by atoms with Gasteiger partial charge in [-0.3, -0.25) is 14.2 Å². The molecule has 0 aliphatic carbocycles. The van der Waals surface area contributed by atoms with Crippen molar-refractivity contribution in [3.05, 3.63) is 115 Å². The molecule has 36 heavy (non-hydrogen) atoms. The highest BCUT2D eigenvalue weighted by atomic mass is 35.5. The monoisotopic (exact) mass is 518 g/mol. The van der Waals surface area contributed by atoms with Crippen LogP contribution in [-0.4, -0.2) is 20.3 Å². The molecule has 0 aliphatic rings. The number of carbonyl (C=O) groups is 1. The minimum absolute atomic E-state index is 0.0403. The molecule has 0 bridgehead atoms. The van der Waals surface area contributed by atoms with Gasteiger partial charge in [-0.25, -0.2) is 4.79 Å². The fourth-order valence-electron chi connectivity index (χ4n) is 3.32. The first-order chi connectivity index (χ1) is 17.0. The van der Waals surface area contributed by atoms with Gasteiger partial charge in [-0.05, 0) is 54.4 Å². The van der Waals surface area contributed by atoms with Gasteiger partial charge in [-0.2, -0.15) is 23.0 Å². The van der Waals surface area contributed by atoms with E-state index in [-0.39, 0.29) is 17.8 Å². The Bertz CT molecular complexity index is 1530. The molecule has 4 rings (SSSR count). The van der Waals surface area contributed by atoms with Gasteiger partial charge in [0.15, 0.2) is 0 Å². The molecule has 0 spiro atoms. The second-order valence-electron chi connectivity index (χ2n) is 7.82. The number of hydrogen-bond donors (Lipinski definition) is 1. The zero-order valence-electron chi connectivity index (χ0n) is 18.7. The van der Waals surface area contributed by atoms with Crippen molar-refractivity contribution in [3.63, 3.8) is 0 Å². The predicted molar refractivity (Wildman–Crippen MR) is 124 cm³/mol. The number of nitrogens with one attached hydrogen (secondary N) is 1. The summed E-state index contributed by atoms with van der Waals surface area (Å²) in [6.45, 7) is 1.32. The number of furan rings is 1. The average molecular weight is 519 g/mol. The number of hydrogen-bond acceptors (Lipinski definition) is 5. The Hall–Kier alpha value is -4.12. The largest absolute Gasteiger partial charge is 0.467 e. The quantitative estimate of drug-likeness (QED) is 0.417. The van der Waals surface area contributed by atoms with Gasteiger partial charge in [0.05, 0.1) is 30.6 Å². The molecule has 12 heteroatoms. The normalized spacial score (nSPS) is 11.5. The number of aromatic nitrogens is 3. The molecule has 1 amide bonds. The summed E-state index contributed by atoms with van der Waals surface area (Å²) in [5.41, 5.74) is -2.22. The maximum absolute atomic E-state index is 13.2. The van der Waals surface area contributed by atoms with Crippen molar-refractivity contribution >= 4 is 17.5 Å². The number of amides is 1. The first kappa shape index (κ1) is 25.0. The van der Waals surface area contributed by atoms with Crippen molar-refractivity contribution < 1.29 is 22.4 Å². The van der Waals surface area contributed by atoms with Crippen LogP contribution < -0.4 is 16.6 Å². The van der Waals surface area contributed by atoms with E-state index in [1.165, 1.54) is 18.4 Å². The second kappa shape index (κ2) is 9.86. The minimum Gasteiger partial charge on any atom is -0.467 e. The fourth-order valence-corrected chi connectivity index (χ4v) is 3.50. The van der Waals surface area contributed by atoms with Crippen LogP contribution in [0.2, 0.25) is 5.02 Å². The van der Waals surface area contributed by atoms with Crippen molar-refractivity contribution in [1.82, 2.24) is 19.7 Å². The maximum atomic E-state index is 13.2. The molecule has 2 aromatic carbocycles. The molecule has 2 heterocycles. The Kier molecular flexibility index (Phi) is 6.84. The molecule has 4 aromatic rings. The van der Waals surface area contributed by atoms with E-state index in [4.69, 9.17) is 16.0 Å². The van der Waals surface area contributed by atoms with Gasteiger partial charge in [-0.15, -0.1) is 0 Å². The summed E-state index contributed by atoms with van der Waals surface area (Å²) < 4.78 is 45.5.